The van der Waals surface area contributed by atoms with E-state index in [-0.39, 0.29) is 5.56 Å². The molecule has 0 atom stereocenters. The Morgan fingerprint density at radius 1 is 1.00 bits per heavy atom. The van der Waals surface area contributed by atoms with Crippen LogP contribution in [0.2, 0.25) is 0 Å². The van der Waals surface area contributed by atoms with Crippen LogP contribution in [-0.4, -0.2) is 16.4 Å². The summed E-state index contributed by atoms with van der Waals surface area (Å²) in [7, 11) is 0. The highest BCUT2D eigenvalue weighted by atomic mass is 16.5. The number of aromatic nitrogens is 2. The minimum Gasteiger partial charge on any atom is -0.490 e. The Morgan fingerprint density at radius 3 is 2.38 bits per heavy atom. The van der Waals surface area contributed by atoms with E-state index in [0.29, 0.717) is 18.5 Å². The number of rotatable bonds is 6. The fourth-order valence-electron chi connectivity index (χ4n) is 2.56. The van der Waals surface area contributed by atoms with Gasteiger partial charge in [0.15, 0.2) is 0 Å². The number of fused-ring (bicyclic) bond motifs is 1. The van der Waals surface area contributed by atoms with Crippen molar-refractivity contribution in [2.45, 2.75) is 6.54 Å². The smallest absolute Gasteiger partial charge is 0.274 e. The van der Waals surface area contributed by atoms with Crippen molar-refractivity contribution in [3.05, 3.63) is 84.2 Å². The maximum absolute atomic E-state index is 12.5. The summed E-state index contributed by atoms with van der Waals surface area (Å²) in [5.74, 6) is 0.766. The first kappa shape index (κ1) is 15.7. The first-order chi connectivity index (χ1) is 11.7. The van der Waals surface area contributed by atoms with Gasteiger partial charge in [0.2, 0.25) is 0 Å². The molecule has 0 aliphatic rings. The number of allylic oxidation sites excluding steroid dienone is 1. The van der Waals surface area contributed by atoms with Crippen molar-refractivity contribution in [3.8, 4) is 17.0 Å². The Kier molecular flexibility index (Phi) is 4.57. The fourth-order valence-corrected chi connectivity index (χ4v) is 2.56. The van der Waals surface area contributed by atoms with Gasteiger partial charge in [-0.3, -0.25) is 4.79 Å². The van der Waals surface area contributed by atoms with Gasteiger partial charge in [0.1, 0.15) is 12.4 Å². The number of hydrogen-bond acceptors (Lipinski definition) is 3. The zero-order chi connectivity index (χ0) is 16.9. The quantitative estimate of drug-likeness (QED) is 0.649. The summed E-state index contributed by atoms with van der Waals surface area (Å²) in [6.45, 7) is 8.17. The third-order valence-corrected chi connectivity index (χ3v) is 3.67. The summed E-state index contributed by atoms with van der Waals surface area (Å²) in [4.78, 5) is 12.5. The average molecular weight is 318 g/mol. The van der Waals surface area contributed by atoms with E-state index in [1.54, 1.807) is 12.2 Å². The summed E-state index contributed by atoms with van der Waals surface area (Å²) in [5, 5.41) is 6.01. The number of hydrogen-bond donors (Lipinski definition) is 0. The van der Waals surface area contributed by atoms with Gasteiger partial charge in [0.25, 0.3) is 5.56 Å². The van der Waals surface area contributed by atoms with Crippen molar-refractivity contribution >= 4 is 10.8 Å². The van der Waals surface area contributed by atoms with E-state index >= 15 is 0 Å². The second-order valence-electron chi connectivity index (χ2n) is 5.29. The number of nitrogens with zero attached hydrogens (tertiary/aromatic N) is 2. The molecule has 0 spiro atoms. The van der Waals surface area contributed by atoms with Crippen molar-refractivity contribution < 1.29 is 4.74 Å². The second-order valence-corrected chi connectivity index (χ2v) is 5.29. The van der Waals surface area contributed by atoms with Crippen molar-refractivity contribution in [3.63, 3.8) is 0 Å². The molecule has 0 aliphatic carbocycles. The van der Waals surface area contributed by atoms with E-state index in [0.717, 1.165) is 22.4 Å². The van der Waals surface area contributed by atoms with Gasteiger partial charge in [0, 0.05) is 10.9 Å². The summed E-state index contributed by atoms with van der Waals surface area (Å²) in [5.41, 5.74) is 1.58. The van der Waals surface area contributed by atoms with E-state index in [1.165, 1.54) is 4.68 Å². The Morgan fingerprint density at radius 2 is 1.71 bits per heavy atom. The molecule has 0 unspecified atom stereocenters. The van der Waals surface area contributed by atoms with Crippen molar-refractivity contribution in [1.82, 2.24) is 9.78 Å². The van der Waals surface area contributed by atoms with Crippen molar-refractivity contribution in [2.75, 3.05) is 6.61 Å². The molecule has 4 heteroatoms. The van der Waals surface area contributed by atoms with Gasteiger partial charge in [-0.1, -0.05) is 36.9 Å². The van der Waals surface area contributed by atoms with Gasteiger partial charge in [-0.15, -0.1) is 6.58 Å². The highest BCUT2D eigenvalue weighted by Crippen LogP contribution is 2.26. The molecule has 1 aromatic heterocycles. The van der Waals surface area contributed by atoms with E-state index in [9.17, 15) is 4.79 Å². The molecule has 1 heterocycles. The molecule has 0 amide bonds. The Bertz CT molecular complexity index is 940. The monoisotopic (exact) mass is 318 g/mol. The summed E-state index contributed by atoms with van der Waals surface area (Å²) in [6.07, 6.45) is 3.37. The standard InChI is InChI=1S/C20H18N2O2/c1-3-13-22-20(23)18-8-6-5-7-17(18)19(21-22)15-9-11-16(12-10-15)24-14-4-2/h3-12H,1-2,13-14H2. The molecular formula is C20H18N2O2. The zero-order valence-corrected chi connectivity index (χ0v) is 13.3. The van der Waals surface area contributed by atoms with Crippen LogP contribution in [0.3, 0.4) is 0 Å². The second kappa shape index (κ2) is 6.96. The first-order valence-electron chi connectivity index (χ1n) is 7.69. The summed E-state index contributed by atoms with van der Waals surface area (Å²) < 4.78 is 6.95. The van der Waals surface area contributed by atoms with Crippen LogP contribution in [0.5, 0.6) is 5.75 Å². The Hall–Kier alpha value is -3.14. The van der Waals surface area contributed by atoms with Crippen LogP contribution in [0.4, 0.5) is 0 Å². The minimum atomic E-state index is -0.111. The molecule has 3 rings (SSSR count). The molecule has 3 aromatic rings. The molecule has 0 aliphatic heterocycles. The lowest BCUT2D eigenvalue weighted by Crippen LogP contribution is -2.23. The van der Waals surface area contributed by atoms with Gasteiger partial charge in [-0.25, -0.2) is 4.68 Å². The average Bonchev–Trinajstić information content (AvgIpc) is 2.63. The van der Waals surface area contributed by atoms with Crippen LogP contribution in [0, 0.1) is 0 Å². The van der Waals surface area contributed by atoms with Gasteiger partial charge in [-0.2, -0.15) is 5.10 Å². The zero-order valence-electron chi connectivity index (χ0n) is 13.3. The van der Waals surface area contributed by atoms with Crippen LogP contribution < -0.4 is 10.3 Å². The van der Waals surface area contributed by atoms with Gasteiger partial charge >= 0.3 is 0 Å². The van der Waals surface area contributed by atoms with Gasteiger partial charge < -0.3 is 4.74 Å². The predicted octanol–water partition coefficient (Wildman–Crippen LogP) is 3.81. The molecular weight excluding hydrogens is 300 g/mol. The van der Waals surface area contributed by atoms with Crippen molar-refractivity contribution in [2.24, 2.45) is 0 Å². The molecule has 0 N–H and O–H groups in total. The van der Waals surface area contributed by atoms with Crippen LogP contribution in [0.25, 0.3) is 22.0 Å². The van der Waals surface area contributed by atoms with Crippen LogP contribution in [0.1, 0.15) is 0 Å². The molecule has 0 radical (unpaired) electrons. The van der Waals surface area contributed by atoms with Gasteiger partial charge in [-0.05, 0) is 30.3 Å². The molecule has 0 fully saturated rings. The maximum Gasteiger partial charge on any atom is 0.274 e. The predicted molar refractivity (Wildman–Crippen MR) is 97.3 cm³/mol. The van der Waals surface area contributed by atoms with Crippen LogP contribution in [-0.2, 0) is 6.54 Å². The van der Waals surface area contributed by atoms with Crippen LogP contribution in [0.15, 0.2) is 78.6 Å². The summed E-state index contributed by atoms with van der Waals surface area (Å²) in [6, 6.07) is 15.2. The lowest BCUT2D eigenvalue weighted by molar-refractivity contribution is 0.363. The lowest BCUT2D eigenvalue weighted by Gasteiger charge is -2.10. The lowest BCUT2D eigenvalue weighted by atomic mass is 10.0. The molecule has 4 nitrogen and oxygen atoms in total. The molecule has 24 heavy (non-hydrogen) atoms. The highest BCUT2D eigenvalue weighted by Gasteiger charge is 2.11. The summed E-state index contributed by atoms with van der Waals surface area (Å²) >= 11 is 0. The molecule has 0 bridgehead atoms. The molecule has 0 saturated carbocycles. The minimum absolute atomic E-state index is 0.111. The molecule has 120 valence electrons. The van der Waals surface area contributed by atoms with Gasteiger partial charge in [0.05, 0.1) is 17.6 Å². The SMILES string of the molecule is C=CCOc1ccc(-c2nn(CC=C)c(=O)c3ccccc23)cc1. The largest absolute Gasteiger partial charge is 0.490 e. The van der Waals surface area contributed by atoms with E-state index in [2.05, 4.69) is 18.3 Å². The Labute approximate surface area is 140 Å². The van der Waals surface area contributed by atoms with Crippen LogP contribution >= 0.6 is 0 Å². The number of benzene rings is 2. The van der Waals surface area contributed by atoms with Crippen molar-refractivity contribution in [1.29, 1.82) is 0 Å². The maximum atomic E-state index is 12.5. The number of ether oxygens (including phenoxy) is 1. The van der Waals surface area contributed by atoms with E-state index in [4.69, 9.17) is 4.74 Å². The Balaban J connectivity index is 2.14. The topological polar surface area (TPSA) is 44.1 Å². The first-order valence-corrected chi connectivity index (χ1v) is 7.69. The molecule has 0 saturated heterocycles. The third-order valence-electron chi connectivity index (χ3n) is 3.67. The van der Waals surface area contributed by atoms with E-state index < -0.39 is 0 Å². The molecule has 2 aromatic carbocycles. The normalized spacial score (nSPS) is 10.5. The fraction of sp³-hybridized carbons (Fsp3) is 0.100. The third kappa shape index (κ3) is 2.99. The highest BCUT2D eigenvalue weighted by molar-refractivity contribution is 5.93. The van der Waals surface area contributed by atoms with E-state index in [1.807, 2.05) is 48.5 Å².